The van der Waals surface area contributed by atoms with Crippen molar-refractivity contribution in [2.45, 2.75) is 31.7 Å². The third kappa shape index (κ3) is 2.98. The van der Waals surface area contributed by atoms with Crippen LogP contribution in [0.3, 0.4) is 0 Å². The molecule has 0 spiro atoms. The lowest BCUT2D eigenvalue weighted by Crippen LogP contribution is -2.36. The smallest absolute Gasteiger partial charge is 0.127 e. The van der Waals surface area contributed by atoms with Crippen LogP contribution in [0.1, 0.15) is 24.8 Å². The van der Waals surface area contributed by atoms with Crippen molar-refractivity contribution < 1.29 is 4.74 Å². The second kappa shape index (κ2) is 5.20. The van der Waals surface area contributed by atoms with Gasteiger partial charge in [-0.05, 0) is 31.9 Å². The van der Waals surface area contributed by atoms with Gasteiger partial charge in [0.15, 0.2) is 0 Å². The minimum absolute atomic E-state index is 0.467. The number of aryl methyl sites for hydroxylation is 1. The second-order valence-corrected chi connectivity index (χ2v) is 4.65. The first kappa shape index (κ1) is 11.9. The van der Waals surface area contributed by atoms with E-state index >= 15 is 0 Å². The van der Waals surface area contributed by atoms with Gasteiger partial charge in [-0.25, -0.2) is 0 Å². The van der Waals surface area contributed by atoms with Crippen LogP contribution < -0.4 is 5.32 Å². The van der Waals surface area contributed by atoms with Crippen molar-refractivity contribution >= 4 is 5.69 Å². The molecule has 3 heteroatoms. The van der Waals surface area contributed by atoms with Gasteiger partial charge >= 0.3 is 0 Å². The number of hydrogen-bond donors (Lipinski definition) is 1. The van der Waals surface area contributed by atoms with Gasteiger partial charge in [0.2, 0.25) is 0 Å². The van der Waals surface area contributed by atoms with Gasteiger partial charge in [0.25, 0.3) is 0 Å². The molecule has 0 bridgehead atoms. The standard InChI is InChI=1S/C14H18N2O/c1-12-3-5-13(6-4-12)16-14(11-15)7-2-9-17-10-8-14/h3-6,16H,2,7-10H2,1H3. The van der Waals surface area contributed by atoms with Gasteiger partial charge in [-0.3, -0.25) is 0 Å². The second-order valence-electron chi connectivity index (χ2n) is 4.65. The van der Waals surface area contributed by atoms with Crippen molar-refractivity contribution in [1.29, 1.82) is 5.26 Å². The Hall–Kier alpha value is -1.53. The van der Waals surface area contributed by atoms with Crippen LogP contribution in [0.2, 0.25) is 0 Å². The highest BCUT2D eigenvalue weighted by Crippen LogP contribution is 2.25. The van der Waals surface area contributed by atoms with Gasteiger partial charge in [0, 0.05) is 25.3 Å². The number of ether oxygens (including phenoxy) is 1. The van der Waals surface area contributed by atoms with E-state index in [0.717, 1.165) is 31.6 Å². The van der Waals surface area contributed by atoms with Crippen molar-refractivity contribution in [1.82, 2.24) is 0 Å². The van der Waals surface area contributed by atoms with E-state index in [-0.39, 0.29) is 0 Å². The molecule has 1 heterocycles. The third-order valence-corrected chi connectivity index (χ3v) is 3.21. The van der Waals surface area contributed by atoms with Crippen LogP contribution in [0, 0.1) is 18.3 Å². The molecular formula is C14H18N2O. The van der Waals surface area contributed by atoms with E-state index in [0.29, 0.717) is 6.61 Å². The lowest BCUT2D eigenvalue weighted by molar-refractivity contribution is 0.142. The Morgan fingerprint density at radius 2 is 2.00 bits per heavy atom. The average molecular weight is 230 g/mol. The minimum Gasteiger partial charge on any atom is -0.381 e. The van der Waals surface area contributed by atoms with Gasteiger partial charge in [0.05, 0.1) is 6.07 Å². The van der Waals surface area contributed by atoms with Gasteiger partial charge in [-0.2, -0.15) is 5.26 Å². The maximum atomic E-state index is 9.41. The largest absolute Gasteiger partial charge is 0.381 e. The Kier molecular flexibility index (Phi) is 3.65. The van der Waals surface area contributed by atoms with E-state index in [1.807, 2.05) is 12.1 Å². The topological polar surface area (TPSA) is 45.0 Å². The van der Waals surface area contributed by atoms with Crippen molar-refractivity contribution in [3.05, 3.63) is 29.8 Å². The molecule has 1 aliphatic heterocycles. The molecule has 90 valence electrons. The molecule has 0 saturated carbocycles. The van der Waals surface area contributed by atoms with E-state index < -0.39 is 5.54 Å². The molecule has 1 aliphatic rings. The number of nitrogens with zero attached hydrogens (tertiary/aromatic N) is 1. The Balaban J connectivity index is 2.13. The molecule has 1 unspecified atom stereocenters. The summed E-state index contributed by atoms with van der Waals surface area (Å²) in [4.78, 5) is 0. The zero-order chi connectivity index (χ0) is 12.1. The molecular weight excluding hydrogens is 212 g/mol. The maximum absolute atomic E-state index is 9.41. The predicted octanol–water partition coefficient (Wildman–Crippen LogP) is 2.87. The van der Waals surface area contributed by atoms with E-state index in [1.54, 1.807) is 0 Å². The summed E-state index contributed by atoms with van der Waals surface area (Å²) in [6.45, 7) is 3.48. The summed E-state index contributed by atoms with van der Waals surface area (Å²) < 4.78 is 5.42. The van der Waals surface area contributed by atoms with E-state index in [9.17, 15) is 5.26 Å². The first-order chi connectivity index (χ1) is 8.24. The van der Waals surface area contributed by atoms with Crippen LogP contribution in [0.15, 0.2) is 24.3 Å². The molecule has 1 atom stereocenters. The normalized spacial score (nSPS) is 24.7. The van der Waals surface area contributed by atoms with E-state index in [4.69, 9.17) is 4.74 Å². The first-order valence-electron chi connectivity index (χ1n) is 6.08. The number of benzene rings is 1. The van der Waals surface area contributed by atoms with Crippen molar-refractivity contribution in [2.75, 3.05) is 18.5 Å². The van der Waals surface area contributed by atoms with Crippen molar-refractivity contribution in [3.8, 4) is 6.07 Å². The Labute approximate surface area is 102 Å². The molecule has 1 N–H and O–H groups in total. The summed E-state index contributed by atoms with van der Waals surface area (Å²) in [5, 5.41) is 12.8. The SMILES string of the molecule is Cc1ccc(NC2(C#N)CCCOCC2)cc1. The molecule has 17 heavy (non-hydrogen) atoms. The Bertz CT molecular complexity index is 397. The molecule has 0 amide bonds. The number of anilines is 1. The zero-order valence-electron chi connectivity index (χ0n) is 10.2. The Morgan fingerprint density at radius 3 is 2.71 bits per heavy atom. The fourth-order valence-electron chi connectivity index (χ4n) is 2.13. The summed E-state index contributed by atoms with van der Waals surface area (Å²) in [6, 6.07) is 10.6. The molecule has 1 aromatic rings. The zero-order valence-corrected chi connectivity index (χ0v) is 10.2. The monoisotopic (exact) mass is 230 g/mol. The summed E-state index contributed by atoms with van der Waals surface area (Å²) in [5.74, 6) is 0. The molecule has 1 saturated heterocycles. The van der Waals surface area contributed by atoms with Crippen LogP contribution in [-0.4, -0.2) is 18.8 Å². The number of nitrogens with one attached hydrogen (secondary N) is 1. The quantitative estimate of drug-likeness (QED) is 0.849. The minimum atomic E-state index is -0.467. The van der Waals surface area contributed by atoms with E-state index in [2.05, 4.69) is 30.4 Å². The highest BCUT2D eigenvalue weighted by Gasteiger charge is 2.30. The van der Waals surface area contributed by atoms with E-state index in [1.165, 1.54) is 5.56 Å². The van der Waals surface area contributed by atoms with Crippen molar-refractivity contribution in [2.24, 2.45) is 0 Å². The molecule has 0 aliphatic carbocycles. The average Bonchev–Trinajstić information content (AvgIpc) is 2.58. The molecule has 2 rings (SSSR count). The molecule has 0 aromatic heterocycles. The van der Waals surface area contributed by atoms with Gasteiger partial charge in [-0.1, -0.05) is 17.7 Å². The van der Waals surface area contributed by atoms with Crippen LogP contribution in [0.4, 0.5) is 5.69 Å². The third-order valence-electron chi connectivity index (χ3n) is 3.21. The number of nitriles is 1. The highest BCUT2D eigenvalue weighted by molar-refractivity contribution is 5.48. The fraction of sp³-hybridized carbons (Fsp3) is 0.500. The lowest BCUT2D eigenvalue weighted by atomic mass is 9.92. The predicted molar refractivity (Wildman–Crippen MR) is 67.8 cm³/mol. The van der Waals surface area contributed by atoms with Gasteiger partial charge in [-0.15, -0.1) is 0 Å². The van der Waals surface area contributed by atoms with Crippen molar-refractivity contribution in [3.63, 3.8) is 0 Å². The van der Waals surface area contributed by atoms with Crippen LogP contribution in [-0.2, 0) is 4.74 Å². The summed E-state index contributed by atoms with van der Waals surface area (Å²) in [7, 11) is 0. The fourth-order valence-corrected chi connectivity index (χ4v) is 2.13. The number of rotatable bonds is 2. The van der Waals surface area contributed by atoms with Gasteiger partial charge < -0.3 is 10.1 Å². The van der Waals surface area contributed by atoms with Gasteiger partial charge in [0.1, 0.15) is 5.54 Å². The molecule has 0 radical (unpaired) electrons. The molecule has 1 fully saturated rings. The van der Waals surface area contributed by atoms with Crippen LogP contribution in [0.5, 0.6) is 0 Å². The summed E-state index contributed by atoms with van der Waals surface area (Å²) in [6.07, 6.45) is 2.53. The highest BCUT2D eigenvalue weighted by atomic mass is 16.5. The summed E-state index contributed by atoms with van der Waals surface area (Å²) in [5.41, 5.74) is 1.77. The molecule has 3 nitrogen and oxygen atoms in total. The van der Waals surface area contributed by atoms with Crippen LogP contribution >= 0.6 is 0 Å². The Morgan fingerprint density at radius 1 is 1.24 bits per heavy atom. The first-order valence-corrected chi connectivity index (χ1v) is 6.08. The van der Waals surface area contributed by atoms with Crippen LogP contribution in [0.25, 0.3) is 0 Å². The summed E-state index contributed by atoms with van der Waals surface area (Å²) >= 11 is 0. The molecule has 1 aromatic carbocycles. The maximum Gasteiger partial charge on any atom is 0.127 e. The number of hydrogen-bond acceptors (Lipinski definition) is 3. The lowest BCUT2D eigenvalue weighted by Gasteiger charge is -2.27.